The fourth-order valence-electron chi connectivity index (χ4n) is 2.70. The van der Waals surface area contributed by atoms with Crippen LogP contribution in [0.5, 0.6) is 11.5 Å². The lowest BCUT2D eigenvalue weighted by Crippen LogP contribution is -1.93. The first-order chi connectivity index (χ1) is 11.2. The Kier molecular flexibility index (Phi) is 3.23. The second kappa shape index (κ2) is 5.39. The van der Waals surface area contributed by atoms with Crippen molar-refractivity contribution >= 4 is 22.9 Å². The van der Waals surface area contributed by atoms with Gasteiger partial charge in [0.2, 0.25) is 6.79 Å². The first-order valence-electron chi connectivity index (χ1n) is 7.30. The number of aryl methyl sites for hydroxylation is 1. The first-order valence-corrected chi connectivity index (χ1v) is 7.30. The average molecular weight is 309 g/mol. The smallest absolute Gasteiger partial charge is 0.364 e. The quantitative estimate of drug-likeness (QED) is 0.620. The highest BCUT2D eigenvalue weighted by molar-refractivity contribution is 5.97. The molecule has 1 aliphatic rings. The van der Waals surface area contributed by atoms with Crippen molar-refractivity contribution in [3.05, 3.63) is 65.4 Å². The van der Waals surface area contributed by atoms with Gasteiger partial charge in [-0.05, 0) is 35.9 Å². The van der Waals surface area contributed by atoms with Gasteiger partial charge in [-0.25, -0.2) is 8.81 Å². The number of halogens is 1. The van der Waals surface area contributed by atoms with Gasteiger partial charge in [0.15, 0.2) is 11.5 Å². The molecule has 0 aliphatic carbocycles. The molecule has 2 heterocycles. The number of hydrogen-bond acceptors (Lipinski definition) is 2. The van der Waals surface area contributed by atoms with Crippen LogP contribution in [0.3, 0.4) is 0 Å². The van der Waals surface area contributed by atoms with Gasteiger partial charge in [-0.3, -0.25) is 0 Å². The maximum absolute atomic E-state index is 13.0. The Balaban J connectivity index is 1.85. The number of rotatable bonds is 2. The molecule has 0 N–H and O–H groups in total. The lowest BCUT2D eigenvalue weighted by atomic mass is 10.1. The lowest BCUT2D eigenvalue weighted by molar-refractivity contribution is 0.174. The normalized spacial score (nSPS) is 13.1. The largest absolute Gasteiger partial charge is 0.454 e. The number of benzene rings is 2. The minimum absolute atomic E-state index is 0.212. The Morgan fingerprint density at radius 2 is 1.87 bits per heavy atom. The third kappa shape index (κ3) is 2.52. The van der Waals surface area contributed by atoms with E-state index in [0.29, 0.717) is 17.3 Å². The zero-order valence-electron chi connectivity index (χ0n) is 12.5. The summed E-state index contributed by atoms with van der Waals surface area (Å²) in [6.07, 6.45) is 3.75. The summed E-state index contributed by atoms with van der Waals surface area (Å²) < 4.78 is 29.9. The first kappa shape index (κ1) is 13.8. The summed E-state index contributed by atoms with van der Waals surface area (Å²) in [4.78, 5) is 0. The summed E-state index contributed by atoms with van der Waals surface area (Å²) >= 11 is 0. The van der Waals surface area contributed by atoms with E-state index in [2.05, 4.69) is 0 Å². The maximum Gasteiger partial charge on any atom is 0.364 e. The Hall–Kier alpha value is -2.88. The van der Waals surface area contributed by atoms with Crippen LogP contribution in [0.2, 0.25) is 0 Å². The van der Waals surface area contributed by atoms with Crippen molar-refractivity contribution in [2.45, 2.75) is 6.92 Å². The number of fused-ring (bicyclic) bond motifs is 3. The Morgan fingerprint density at radius 1 is 1.04 bits per heavy atom. The summed E-state index contributed by atoms with van der Waals surface area (Å²) in [5.74, 6) is 2.65. The van der Waals surface area contributed by atoms with Crippen molar-refractivity contribution in [1.29, 1.82) is 0 Å². The molecule has 0 bridgehead atoms. The molecular formula is C19H14FO3+. The fraction of sp³-hybridized carbons (Fsp3) is 0.105. The van der Waals surface area contributed by atoms with Crippen molar-refractivity contribution in [2.24, 2.45) is 0 Å². The van der Waals surface area contributed by atoms with Gasteiger partial charge in [0.25, 0.3) is 0 Å². The molecule has 0 amide bonds. The second-order valence-electron chi connectivity index (χ2n) is 5.37. The zero-order valence-corrected chi connectivity index (χ0v) is 12.5. The SMILES string of the molecule is Cc1cc2ccc3c(c2c(/C=C/c2ccc(F)cc2)[o+]1)OCO3. The molecule has 0 unspecified atom stereocenters. The molecule has 0 spiro atoms. The van der Waals surface area contributed by atoms with Gasteiger partial charge >= 0.3 is 11.5 Å². The third-order valence-electron chi connectivity index (χ3n) is 3.74. The molecule has 3 aromatic rings. The molecule has 0 saturated heterocycles. The Bertz CT molecular complexity index is 914. The molecule has 23 heavy (non-hydrogen) atoms. The lowest BCUT2D eigenvalue weighted by Gasteiger charge is -2.00. The van der Waals surface area contributed by atoms with Gasteiger partial charge in [0.1, 0.15) is 11.2 Å². The topological polar surface area (TPSA) is 29.8 Å². The van der Waals surface area contributed by atoms with E-state index >= 15 is 0 Å². The highest BCUT2D eigenvalue weighted by Gasteiger charge is 2.25. The van der Waals surface area contributed by atoms with E-state index in [-0.39, 0.29) is 12.6 Å². The van der Waals surface area contributed by atoms with E-state index in [4.69, 9.17) is 13.9 Å². The molecule has 0 fully saturated rings. The summed E-state index contributed by atoms with van der Waals surface area (Å²) in [5, 5.41) is 1.90. The van der Waals surface area contributed by atoms with Crippen LogP contribution in [-0.4, -0.2) is 6.79 Å². The van der Waals surface area contributed by atoms with Gasteiger partial charge in [-0.1, -0.05) is 12.1 Å². The van der Waals surface area contributed by atoms with E-state index in [1.807, 2.05) is 37.3 Å². The molecule has 0 atom stereocenters. The van der Waals surface area contributed by atoms with Crippen LogP contribution in [0.25, 0.3) is 22.9 Å². The van der Waals surface area contributed by atoms with Crippen molar-refractivity contribution in [3.63, 3.8) is 0 Å². The van der Waals surface area contributed by atoms with Gasteiger partial charge in [0.05, 0.1) is 6.92 Å². The van der Waals surface area contributed by atoms with Crippen LogP contribution >= 0.6 is 0 Å². The van der Waals surface area contributed by atoms with Crippen molar-refractivity contribution in [1.82, 2.24) is 0 Å². The minimum Gasteiger partial charge on any atom is -0.454 e. The summed E-state index contributed by atoms with van der Waals surface area (Å²) in [6, 6.07) is 12.1. The van der Waals surface area contributed by atoms with Crippen molar-refractivity contribution < 1.29 is 18.3 Å². The molecule has 4 rings (SSSR count). The maximum atomic E-state index is 13.0. The van der Waals surface area contributed by atoms with Crippen LogP contribution in [0.1, 0.15) is 17.1 Å². The second-order valence-corrected chi connectivity index (χ2v) is 5.37. The number of ether oxygens (including phenoxy) is 2. The van der Waals surface area contributed by atoms with E-state index < -0.39 is 0 Å². The molecule has 2 aromatic carbocycles. The molecule has 3 nitrogen and oxygen atoms in total. The summed E-state index contributed by atoms with van der Waals surface area (Å²) in [6.45, 7) is 2.11. The Labute approximate surface area is 132 Å². The minimum atomic E-state index is -0.254. The van der Waals surface area contributed by atoms with Gasteiger partial charge < -0.3 is 9.47 Å². The monoisotopic (exact) mass is 309 g/mol. The van der Waals surface area contributed by atoms with E-state index in [0.717, 1.165) is 22.1 Å². The van der Waals surface area contributed by atoms with Gasteiger partial charge in [-0.2, -0.15) is 0 Å². The van der Waals surface area contributed by atoms with Gasteiger partial charge in [-0.15, -0.1) is 0 Å². The average Bonchev–Trinajstić information content (AvgIpc) is 3.02. The van der Waals surface area contributed by atoms with Crippen LogP contribution in [0.4, 0.5) is 4.39 Å². The van der Waals surface area contributed by atoms with Crippen LogP contribution in [0.15, 0.2) is 46.9 Å². The highest BCUT2D eigenvalue weighted by Crippen LogP contribution is 2.41. The van der Waals surface area contributed by atoms with E-state index in [9.17, 15) is 4.39 Å². The fourth-order valence-corrected chi connectivity index (χ4v) is 2.70. The van der Waals surface area contributed by atoms with E-state index in [1.165, 1.54) is 12.1 Å². The third-order valence-corrected chi connectivity index (χ3v) is 3.74. The zero-order chi connectivity index (χ0) is 15.8. The number of hydrogen-bond donors (Lipinski definition) is 0. The Morgan fingerprint density at radius 3 is 2.70 bits per heavy atom. The van der Waals surface area contributed by atoms with Crippen LogP contribution in [-0.2, 0) is 0 Å². The van der Waals surface area contributed by atoms with Crippen LogP contribution < -0.4 is 9.47 Å². The summed E-state index contributed by atoms with van der Waals surface area (Å²) in [5.41, 5.74) is 0.890. The van der Waals surface area contributed by atoms with Crippen molar-refractivity contribution in [2.75, 3.05) is 6.79 Å². The predicted molar refractivity (Wildman–Crippen MR) is 86.8 cm³/mol. The molecule has 114 valence electrons. The van der Waals surface area contributed by atoms with Crippen molar-refractivity contribution in [3.8, 4) is 11.5 Å². The molecule has 4 heteroatoms. The molecule has 1 aromatic heterocycles. The molecule has 0 radical (unpaired) electrons. The molecular weight excluding hydrogens is 295 g/mol. The van der Waals surface area contributed by atoms with Crippen LogP contribution in [0, 0.1) is 12.7 Å². The molecule has 0 saturated carbocycles. The molecule has 1 aliphatic heterocycles. The van der Waals surface area contributed by atoms with Gasteiger partial charge in [0, 0.05) is 17.5 Å². The standard InChI is InChI=1S/C19H14FO3/c1-12-10-14-5-9-17-19(22-11-21-17)18(14)16(23-12)8-4-13-2-6-15(20)7-3-13/h2-10H,11H2,1H3/q+1/b8-4+. The predicted octanol–water partition coefficient (Wildman–Crippen LogP) is 5.06. The highest BCUT2D eigenvalue weighted by atomic mass is 19.1. The summed E-state index contributed by atoms with van der Waals surface area (Å²) in [7, 11) is 0. The van der Waals surface area contributed by atoms with E-state index in [1.54, 1.807) is 12.1 Å².